The van der Waals surface area contributed by atoms with Crippen molar-refractivity contribution < 1.29 is 9.13 Å². The predicted molar refractivity (Wildman–Crippen MR) is 86.5 cm³/mol. The third kappa shape index (κ3) is 7.31. The van der Waals surface area contributed by atoms with E-state index in [2.05, 4.69) is 15.6 Å². The van der Waals surface area contributed by atoms with E-state index in [1.165, 1.54) is 6.07 Å². The lowest BCUT2D eigenvalue weighted by molar-refractivity contribution is 0.152. The summed E-state index contributed by atoms with van der Waals surface area (Å²) in [5.74, 6) is 0.424. The largest absolute Gasteiger partial charge is 0.380 e. The molecular formula is C13H21FIN3O. The monoisotopic (exact) mass is 381 g/mol. The van der Waals surface area contributed by atoms with Gasteiger partial charge in [0.15, 0.2) is 5.96 Å². The zero-order valence-corrected chi connectivity index (χ0v) is 13.6. The number of halogens is 2. The number of aliphatic imine (C=N–C) groups is 1. The summed E-state index contributed by atoms with van der Waals surface area (Å²) in [4.78, 5) is 4.05. The smallest absolute Gasteiger partial charge is 0.191 e. The Morgan fingerprint density at radius 2 is 2.05 bits per heavy atom. The van der Waals surface area contributed by atoms with Crippen molar-refractivity contribution in [3.63, 3.8) is 0 Å². The second-order valence-corrected chi connectivity index (χ2v) is 3.64. The van der Waals surface area contributed by atoms with Gasteiger partial charge in [-0.3, -0.25) is 4.99 Å². The van der Waals surface area contributed by atoms with Gasteiger partial charge in [-0.25, -0.2) is 4.39 Å². The minimum absolute atomic E-state index is 0. The van der Waals surface area contributed by atoms with Gasteiger partial charge >= 0.3 is 0 Å². The van der Waals surface area contributed by atoms with Crippen molar-refractivity contribution in [2.24, 2.45) is 4.99 Å². The highest BCUT2D eigenvalue weighted by Gasteiger charge is 2.01. The van der Waals surface area contributed by atoms with Crippen molar-refractivity contribution in [2.75, 3.05) is 26.8 Å². The molecule has 0 heterocycles. The Kier molecular flexibility index (Phi) is 10.5. The van der Waals surface area contributed by atoms with E-state index in [0.29, 0.717) is 37.8 Å². The number of rotatable bonds is 6. The molecule has 6 heteroatoms. The minimum atomic E-state index is -0.213. The van der Waals surface area contributed by atoms with E-state index in [4.69, 9.17) is 4.74 Å². The molecule has 1 aromatic rings. The van der Waals surface area contributed by atoms with Crippen LogP contribution in [0.15, 0.2) is 29.3 Å². The van der Waals surface area contributed by atoms with E-state index in [1.54, 1.807) is 19.2 Å². The van der Waals surface area contributed by atoms with Crippen LogP contribution in [-0.2, 0) is 11.3 Å². The van der Waals surface area contributed by atoms with Crippen LogP contribution in [0, 0.1) is 5.82 Å². The zero-order valence-electron chi connectivity index (χ0n) is 11.3. The lowest BCUT2D eigenvalue weighted by atomic mass is 10.2. The molecule has 1 aromatic carbocycles. The number of guanidine groups is 1. The van der Waals surface area contributed by atoms with Crippen LogP contribution >= 0.6 is 24.0 Å². The molecule has 0 unspecified atom stereocenters. The molecule has 0 aromatic heterocycles. The zero-order chi connectivity index (χ0) is 13.2. The highest BCUT2D eigenvalue weighted by atomic mass is 127. The molecule has 0 saturated heterocycles. The Morgan fingerprint density at radius 1 is 1.32 bits per heavy atom. The molecule has 4 nitrogen and oxygen atoms in total. The van der Waals surface area contributed by atoms with Crippen molar-refractivity contribution in [1.82, 2.24) is 10.6 Å². The molecule has 0 aliphatic carbocycles. The molecule has 1 rings (SSSR count). The van der Waals surface area contributed by atoms with Gasteiger partial charge in [0.1, 0.15) is 5.82 Å². The van der Waals surface area contributed by atoms with Crippen molar-refractivity contribution in [1.29, 1.82) is 0 Å². The van der Waals surface area contributed by atoms with Gasteiger partial charge in [-0.2, -0.15) is 0 Å². The Balaban J connectivity index is 0.00000324. The maximum Gasteiger partial charge on any atom is 0.191 e. The summed E-state index contributed by atoms with van der Waals surface area (Å²) in [6.45, 7) is 4.34. The quantitative estimate of drug-likeness (QED) is 0.344. The maximum absolute atomic E-state index is 13.4. The van der Waals surface area contributed by atoms with Gasteiger partial charge in [-0.1, -0.05) is 18.2 Å². The van der Waals surface area contributed by atoms with Gasteiger partial charge in [-0.15, -0.1) is 24.0 Å². The molecule has 0 amide bonds. The molecule has 0 aliphatic heterocycles. The van der Waals surface area contributed by atoms with E-state index in [9.17, 15) is 4.39 Å². The number of hydrogen-bond acceptors (Lipinski definition) is 2. The Hall–Kier alpha value is -0.890. The van der Waals surface area contributed by atoms with E-state index < -0.39 is 0 Å². The summed E-state index contributed by atoms with van der Waals surface area (Å²) >= 11 is 0. The minimum Gasteiger partial charge on any atom is -0.380 e. The summed E-state index contributed by atoms with van der Waals surface area (Å²) < 4.78 is 18.6. The number of ether oxygens (including phenoxy) is 1. The highest BCUT2D eigenvalue weighted by Crippen LogP contribution is 2.05. The Morgan fingerprint density at radius 3 is 2.68 bits per heavy atom. The number of nitrogens with one attached hydrogen (secondary N) is 2. The van der Waals surface area contributed by atoms with Crippen molar-refractivity contribution in [3.8, 4) is 0 Å². The van der Waals surface area contributed by atoms with Gasteiger partial charge in [-0.05, 0) is 13.0 Å². The fourth-order valence-electron chi connectivity index (χ4n) is 1.43. The van der Waals surface area contributed by atoms with Gasteiger partial charge in [0.05, 0.1) is 6.61 Å². The first kappa shape index (κ1) is 18.1. The van der Waals surface area contributed by atoms with Crippen LogP contribution in [-0.4, -0.2) is 32.8 Å². The van der Waals surface area contributed by atoms with Crippen molar-refractivity contribution >= 4 is 29.9 Å². The third-order valence-electron chi connectivity index (χ3n) is 2.37. The summed E-state index contributed by atoms with van der Waals surface area (Å²) in [5, 5.41) is 6.13. The van der Waals surface area contributed by atoms with Gasteiger partial charge in [0.25, 0.3) is 0 Å². The van der Waals surface area contributed by atoms with Crippen LogP contribution in [0.5, 0.6) is 0 Å². The molecule has 2 N–H and O–H groups in total. The molecule has 0 fully saturated rings. The molecule has 0 atom stereocenters. The van der Waals surface area contributed by atoms with Gasteiger partial charge in [0, 0.05) is 32.3 Å². The first-order valence-corrected chi connectivity index (χ1v) is 6.03. The van der Waals surface area contributed by atoms with E-state index >= 15 is 0 Å². The van der Waals surface area contributed by atoms with E-state index in [0.717, 1.165) is 0 Å². The van der Waals surface area contributed by atoms with Crippen LogP contribution in [0.2, 0.25) is 0 Å². The topological polar surface area (TPSA) is 45.6 Å². The van der Waals surface area contributed by atoms with E-state index in [-0.39, 0.29) is 29.8 Å². The van der Waals surface area contributed by atoms with Crippen molar-refractivity contribution in [3.05, 3.63) is 35.6 Å². The van der Waals surface area contributed by atoms with Crippen LogP contribution in [0.3, 0.4) is 0 Å². The summed E-state index contributed by atoms with van der Waals surface area (Å²) in [6.07, 6.45) is 0. The normalized spacial score (nSPS) is 10.8. The molecule has 19 heavy (non-hydrogen) atoms. The molecule has 0 spiro atoms. The third-order valence-corrected chi connectivity index (χ3v) is 2.37. The molecule has 0 bridgehead atoms. The average Bonchev–Trinajstić information content (AvgIpc) is 2.40. The standard InChI is InChI=1S/C13H20FN3O.HI/c1-3-18-9-8-16-13(15-2)17-10-11-6-4-5-7-12(11)14;/h4-7H,3,8-10H2,1-2H3,(H2,15,16,17);1H. The fourth-order valence-corrected chi connectivity index (χ4v) is 1.43. The summed E-state index contributed by atoms with van der Waals surface area (Å²) in [6, 6.07) is 6.68. The average molecular weight is 381 g/mol. The second-order valence-electron chi connectivity index (χ2n) is 3.64. The summed E-state index contributed by atoms with van der Waals surface area (Å²) in [7, 11) is 1.68. The van der Waals surface area contributed by atoms with E-state index in [1.807, 2.05) is 13.0 Å². The molecular weight excluding hydrogens is 360 g/mol. The van der Waals surface area contributed by atoms with Crippen LogP contribution in [0.1, 0.15) is 12.5 Å². The van der Waals surface area contributed by atoms with Gasteiger partial charge in [0.2, 0.25) is 0 Å². The molecule has 0 saturated carbocycles. The number of nitrogens with zero attached hydrogens (tertiary/aromatic N) is 1. The van der Waals surface area contributed by atoms with Crippen LogP contribution in [0.25, 0.3) is 0 Å². The van der Waals surface area contributed by atoms with Crippen molar-refractivity contribution in [2.45, 2.75) is 13.5 Å². The van der Waals surface area contributed by atoms with Crippen LogP contribution in [0.4, 0.5) is 4.39 Å². The lowest BCUT2D eigenvalue weighted by Gasteiger charge is -2.12. The lowest BCUT2D eigenvalue weighted by Crippen LogP contribution is -2.38. The number of hydrogen-bond donors (Lipinski definition) is 2. The van der Waals surface area contributed by atoms with Gasteiger partial charge < -0.3 is 15.4 Å². The first-order chi connectivity index (χ1) is 8.77. The summed E-state index contributed by atoms with van der Waals surface area (Å²) in [5.41, 5.74) is 0.616. The Bertz CT molecular complexity index is 388. The molecule has 0 radical (unpaired) electrons. The Labute approximate surface area is 130 Å². The highest BCUT2D eigenvalue weighted by molar-refractivity contribution is 14.0. The maximum atomic E-state index is 13.4. The fraction of sp³-hybridized carbons (Fsp3) is 0.462. The first-order valence-electron chi connectivity index (χ1n) is 6.03. The predicted octanol–water partition coefficient (Wildman–Crippen LogP) is 2.15. The van der Waals surface area contributed by atoms with Crippen LogP contribution < -0.4 is 10.6 Å². The SMILES string of the molecule is CCOCCNC(=NC)NCc1ccccc1F.I. The number of benzene rings is 1. The molecule has 108 valence electrons. The second kappa shape index (κ2) is 11.0. The molecule has 0 aliphatic rings.